The molecule has 0 aliphatic rings. The van der Waals surface area contributed by atoms with Crippen LogP contribution in [0.4, 0.5) is 0 Å². The second-order valence-corrected chi connectivity index (χ2v) is 13.2. The molecule has 0 saturated heterocycles. The zero-order valence-electron chi connectivity index (χ0n) is 25.6. The number of hydrogen-bond acceptors (Lipinski definition) is 0. The Labute approximate surface area is 282 Å². The molecule has 9 rings (SSSR count). The summed E-state index contributed by atoms with van der Waals surface area (Å²) in [4.78, 5) is 0. The van der Waals surface area contributed by atoms with Gasteiger partial charge in [-0.15, -0.1) is 0 Å². The molecule has 0 radical (unpaired) electrons. The molecule has 0 N–H and O–H groups in total. The molecule has 0 amide bonds. The lowest BCUT2D eigenvalue weighted by molar-refractivity contribution is 1.61. The predicted octanol–water partition coefficient (Wildman–Crippen LogP) is 13.7. The average Bonchev–Trinajstić information content (AvgIpc) is 3.14. The smallest absolute Gasteiger partial charge is 0.0260 e. The van der Waals surface area contributed by atoms with Gasteiger partial charge in [-0.3, -0.25) is 0 Å². The zero-order valence-corrected chi connectivity index (χ0v) is 27.2. The van der Waals surface area contributed by atoms with Crippen molar-refractivity contribution < 1.29 is 0 Å². The Morgan fingerprint density at radius 2 is 0.596 bits per heavy atom. The van der Waals surface area contributed by atoms with Crippen molar-refractivity contribution in [1.82, 2.24) is 0 Å². The van der Waals surface area contributed by atoms with E-state index < -0.39 is 0 Å². The van der Waals surface area contributed by atoms with Crippen molar-refractivity contribution in [3.63, 3.8) is 0 Å². The monoisotopic (exact) mass is 660 g/mol. The number of rotatable bonds is 4. The van der Waals surface area contributed by atoms with E-state index in [-0.39, 0.29) is 0 Å². The fourth-order valence-corrected chi connectivity index (χ4v) is 7.50. The first kappa shape index (κ1) is 27.8. The normalized spacial score (nSPS) is 11.5. The maximum atomic E-state index is 3.92. The standard InChI is InChI=1S/C46H29Br/c47-46-29-42-27-40(34-11-9-32(10-12-34)38-19-17-30-5-1-3-7-36(30)25-38)21-23-43(42)44-24-22-41(28-45(44)46)35-15-13-33(14-16-35)39-20-18-31-6-2-4-8-37(31)26-39/h1-29H. The molecule has 1 heteroatoms. The summed E-state index contributed by atoms with van der Waals surface area (Å²) in [7, 11) is 0. The molecule has 9 aromatic carbocycles. The highest BCUT2D eigenvalue weighted by Crippen LogP contribution is 2.37. The van der Waals surface area contributed by atoms with Gasteiger partial charge in [0.05, 0.1) is 0 Å². The molecule has 0 saturated carbocycles. The van der Waals surface area contributed by atoms with Gasteiger partial charge in [-0.1, -0.05) is 162 Å². The van der Waals surface area contributed by atoms with Gasteiger partial charge in [-0.2, -0.15) is 0 Å². The Bertz CT molecular complexity index is 2610. The average molecular weight is 662 g/mol. The summed E-state index contributed by atoms with van der Waals surface area (Å²) < 4.78 is 1.11. The van der Waals surface area contributed by atoms with Crippen LogP contribution in [0.3, 0.4) is 0 Å². The van der Waals surface area contributed by atoms with E-state index in [0.717, 1.165) is 4.47 Å². The van der Waals surface area contributed by atoms with Crippen LogP contribution in [-0.4, -0.2) is 0 Å². The van der Waals surface area contributed by atoms with Gasteiger partial charge in [0.15, 0.2) is 0 Å². The maximum absolute atomic E-state index is 3.92. The van der Waals surface area contributed by atoms with Crippen LogP contribution >= 0.6 is 15.9 Å². The maximum Gasteiger partial charge on any atom is 0.0260 e. The van der Waals surface area contributed by atoms with Crippen molar-refractivity contribution in [2.24, 2.45) is 0 Å². The minimum atomic E-state index is 1.11. The largest absolute Gasteiger partial charge is 0.0616 e. The summed E-state index contributed by atoms with van der Waals surface area (Å²) in [6, 6.07) is 64.2. The van der Waals surface area contributed by atoms with Crippen molar-refractivity contribution in [3.8, 4) is 44.5 Å². The lowest BCUT2D eigenvalue weighted by Gasteiger charge is -2.12. The molecule has 0 fully saturated rings. The summed E-state index contributed by atoms with van der Waals surface area (Å²) in [6.07, 6.45) is 0. The number of hydrogen-bond donors (Lipinski definition) is 0. The highest BCUT2D eigenvalue weighted by atomic mass is 79.9. The Kier molecular flexibility index (Phi) is 6.73. The van der Waals surface area contributed by atoms with Gasteiger partial charge in [0.2, 0.25) is 0 Å². The van der Waals surface area contributed by atoms with Crippen LogP contribution in [0.1, 0.15) is 0 Å². The van der Waals surface area contributed by atoms with Gasteiger partial charge >= 0.3 is 0 Å². The van der Waals surface area contributed by atoms with Gasteiger partial charge < -0.3 is 0 Å². The molecule has 0 heterocycles. The molecule has 0 bridgehead atoms. The first-order chi connectivity index (χ1) is 23.2. The minimum absolute atomic E-state index is 1.11. The van der Waals surface area contributed by atoms with Crippen LogP contribution in [0.2, 0.25) is 0 Å². The summed E-state index contributed by atoms with van der Waals surface area (Å²) >= 11 is 3.92. The Balaban J connectivity index is 1.01. The van der Waals surface area contributed by atoms with Crippen LogP contribution in [0.15, 0.2) is 180 Å². The van der Waals surface area contributed by atoms with Gasteiger partial charge in [-0.05, 0) is 118 Å². The Hall–Kier alpha value is -5.50. The Morgan fingerprint density at radius 1 is 0.234 bits per heavy atom. The van der Waals surface area contributed by atoms with Crippen molar-refractivity contribution in [2.75, 3.05) is 0 Å². The minimum Gasteiger partial charge on any atom is -0.0616 e. The quantitative estimate of drug-likeness (QED) is 0.165. The van der Waals surface area contributed by atoms with Gasteiger partial charge in [0.25, 0.3) is 0 Å². The number of benzene rings is 9. The molecular formula is C46H29Br. The van der Waals surface area contributed by atoms with Crippen LogP contribution in [0.25, 0.3) is 87.6 Å². The third-order valence-corrected chi connectivity index (χ3v) is 10.2. The molecule has 0 aliphatic heterocycles. The number of halogens is 1. The predicted molar refractivity (Wildman–Crippen MR) is 206 cm³/mol. The van der Waals surface area contributed by atoms with Gasteiger partial charge in [-0.25, -0.2) is 0 Å². The summed E-state index contributed by atoms with van der Waals surface area (Å²) in [5.41, 5.74) is 9.80. The third-order valence-electron chi connectivity index (χ3n) is 9.50. The topological polar surface area (TPSA) is 0 Å². The summed E-state index contributed by atoms with van der Waals surface area (Å²) in [5.74, 6) is 0. The molecule has 220 valence electrons. The summed E-state index contributed by atoms with van der Waals surface area (Å²) in [5, 5.41) is 10.0. The number of fused-ring (bicyclic) bond motifs is 5. The highest BCUT2D eigenvalue weighted by molar-refractivity contribution is 9.10. The van der Waals surface area contributed by atoms with Crippen LogP contribution in [-0.2, 0) is 0 Å². The molecule has 9 aromatic rings. The highest BCUT2D eigenvalue weighted by Gasteiger charge is 2.10. The van der Waals surface area contributed by atoms with Crippen molar-refractivity contribution in [2.45, 2.75) is 0 Å². The van der Waals surface area contributed by atoms with E-state index in [1.165, 1.54) is 87.6 Å². The van der Waals surface area contributed by atoms with Crippen LogP contribution in [0.5, 0.6) is 0 Å². The fraction of sp³-hybridized carbons (Fsp3) is 0. The lowest BCUT2D eigenvalue weighted by atomic mass is 9.94. The molecule has 0 aliphatic carbocycles. The van der Waals surface area contributed by atoms with Crippen molar-refractivity contribution in [3.05, 3.63) is 180 Å². The first-order valence-electron chi connectivity index (χ1n) is 16.0. The molecule has 0 nitrogen and oxygen atoms in total. The van der Waals surface area contributed by atoms with E-state index in [1.54, 1.807) is 0 Å². The van der Waals surface area contributed by atoms with E-state index in [1.807, 2.05) is 0 Å². The second kappa shape index (κ2) is 11.4. The second-order valence-electron chi connectivity index (χ2n) is 12.3. The molecule has 0 atom stereocenters. The van der Waals surface area contributed by atoms with Gasteiger partial charge in [0, 0.05) is 4.47 Å². The van der Waals surface area contributed by atoms with E-state index >= 15 is 0 Å². The SMILES string of the molecule is Brc1cc2cc(-c3ccc(-c4ccc5ccccc5c4)cc3)ccc2c2ccc(-c3ccc(-c4ccc5ccccc5c4)cc3)cc12. The van der Waals surface area contributed by atoms with Crippen LogP contribution in [0, 0.1) is 0 Å². The summed E-state index contributed by atoms with van der Waals surface area (Å²) in [6.45, 7) is 0. The molecule has 0 aromatic heterocycles. The van der Waals surface area contributed by atoms with E-state index in [0.29, 0.717) is 0 Å². The van der Waals surface area contributed by atoms with Crippen molar-refractivity contribution in [1.29, 1.82) is 0 Å². The van der Waals surface area contributed by atoms with E-state index in [4.69, 9.17) is 0 Å². The van der Waals surface area contributed by atoms with Crippen LogP contribution < -0.4 is 0 Å². The lowest BCUT2D eigenvalue weighted by Crippen LogP contribution is -1.86. The molecule has 0 spiro atoms. The molecule has 0 unspecified atom stereocenters. The fourth-order valence-electron chi connectivity index (χ4n) is 6.93. The molecule has 47 heavy (non-hydrogen) atoms. The molecular weight excluding hydrogens is 632 g/mol. The van der Waals surface area contributed by atoms with E-state index in [2.05, 4.69) is 192 Å². The third kappa shape index (κ3) is 5.10. The van der Waals surface area contributed by atoms with E-state index in [9.17, 15) is 0 Å². The zero-order chi connectivity index (χ0) is 31.3. The Morgan fingerprint density at radius 3 is 1.09 bits per heavy atom. The van der Waals surface area contributed by atoms with Gasteiger partial charge in [0.1, 0.15) is 0 Å². The van der Waals surface area contributed by atoms with Crippen molar-refractivity contribution >= 4 is 59.0 Å². The first-order valence-corrected chi connectivity index (χ1v) is 16.8.